The van der Waals surface area contributed by atoms with Crippen molar-refractivity contribution in [2.24, 2.45) is 0 Å². The van der Waals surface area contributed by atoms with Gasteiger partial charge in [-0.25, -0.2) is 8.78 Å². The molecule has 0 rings (SSSR count). The molecule has 3 heteroatoms. The smallest absolute Gasteiger partial charge is 0.201 e. The van der Waals surface area contributed by atoms with Crippen LogP contribution in [0.1, 0.15) is 45.4 Å². The van der Waals surface area contributed by atoms with Crippen LogP contribution in [-0.4, -0.2) is 5.92 Å². The van der Waals surface area contributed by atoms with E-state index in [2.05, 4.69) is 29.4 Å². The summed E-state index contributed by atoms with van der Waals surface area (Å²) in [6.07, 6.45) is 4.73. The summed E-state index contributed by atoms with van der Waals surface area (Å²) in [5.74, 6) is -2.73. The minimum absolute atomic E-state index is 0.0825. The van der Waals surface area contributed by atoms with Crippen molar-refractivity contribution in [3.05, 3.63) is 11.1 Å². The van der Waals surface area contributed by atoms with E-state index < -0.39 is 5.92 Å². The van der Waals surface area contributed by atoms with Crippen LogP contribution < -0.4 is 0 Å². The predicted molar refractivity (Wildman–Crippen MR) is 56.4 cm³/mol. The summed E-state index contributed by atoms with van der Waals surface area (Å²) in [5, 5.41) is 0. The molecule has 13 heavy (non-hydrogen) atoms. The lowest BCUT2D eigenvalue weighted by Crippen LogP contribution is -2.14. The van der Waals surface area contributed by atoms with Gasteiger partial charge in [0, 0.05) is 6.42 Å². The Labute approximate surface area is 87.5 Å². The monoisotopic (exact) mass is 254 g/mol. The molecule has 0 saturated heterocycles. The maximum absolute atomic E-state index is 12.9. The van der Waals surface area contributed by atoms with Crippen LogP contribution in [0.2, 0.25) is 0 Å². The van der Waals surface area contributed by atoms with Crippen LogP contribution in [0.4, 0.5) is 8.78 Å². The van der Waals surface area contributed by atoms with Gasteiger partial charge in [0.2, 0.25) is 0 Å². The first-order chi connectivity index (χ1) is 6.00. The molecule has 0 amide bonds. The van der Waals surface area contributed by atoms with Crippen LogP contribution in [0.3, 0.4) is 0 Å². The second-order valence-corrected chi connectivity index (χ2v) is 4.23. The topological polar surface area (TPSA) is 0 Å². The number of hydrogen-bond acceptors (Lipinski definition) is 0. The molecule has 0 aliphatic carbocycles. The molecule has 0 aliphatic heterocycles. The third kappa shape index (κ3) is 6.19. The number of alkyl halides is 2. The summed E-state index contributed by atoms with van der Waals surface area (Å²) >= 11 is 2.73. The van der Waals surface area contributed by atoms with Crippen molar-refractivity contribution in [2.75, 3.05) is 0 Å². The zero-order chi connectivity index (χ0) is 10.3. The highest BCUT2D eigenvalue weighted by Gasteiger charge is 2.30. The number of unbranched alkanes of at least 4 members (excludes halogenated alkanes) is 4. The van der Waals surface area contributed by atoms with Crippen molar-refractivity contribution in [3.8, 4) is 0 Å². The van der Waals surface area contributed by atoms with E-state index in [1.165, 1.54) is 0 Å². The second-order valence-electron chi connectivity index (χ2n) is 3.27. The Hall–Kier alpha value is 0.0800. The molecule has 0 N–H and O–H groups in total. The standard InChI is InChI=1S/C10H17BrF2/c1-3-4-5-6-7-8-10(12,13)9(2)11/h2-8H2,1H3. The molecular formula is C10H17BrF2. The van der Waals surface area contributed by atoms with E-state index in [0.29, 0.717) is 6.42 Å². The molecule has 0 aromatic heterocycles. The SMILES string of the molecule is C=C(Br)C(F)(F)CCCCCCC. The average Bonchev–Trinajstić information content (AvgIpc) is 2.03. The minimum Gasteiger partial charge on any atom is -0.201 e. The summed E-state index contributed by atoms with van der Waals surface area (Å²) < 4.78 is 25.6. The van der Waals surface area contributed by atoms with E-state index in [4.69, 9.17) is 0 Å². The normalized spacial score (nSPS) is 11.7. The van der Waals surface area contributed by atoms with E-state index in [1.807, 2.05) is 0 Å². The third-order valence-electron chi connectivity index (χ3n) is 1.99. The van der Waals surface area contributed by atoms with Gasteiger partial charge in [0.1, 0.15) is 0 Å². The first-order valence-electron chi connectivity index (χ1n) is 4.73. The van der Waals surface area contributed by atoms with Crippen LogP contribution in [0.15, 0.2) is 11.1 Å². The van der Waals surface area contributed by atoms with Gasteiger partial charge in [-0.15, -0.1) is 0 Å². The fourth-order valence-electron chi connectivity index (χ4n) is 1.09. The maximum atomic E-state index is 12.9. The Balaban J connectivity index is 3.46. The van der Waals surface area contributed by atoms with Gasteiger partial charge in [0.05, 0.1) is 4.48 Å². The zero-order valence-corrected chi connectivity index (χ0v) is 9.67. The Bertz CT molecular complexity index is 155. The molecular weight excluding hydrogens is 238 g/mol. The maximum Gasteiger partial charge on any atom is 0.278 e. The first kappa shape index (κ1) is 13.1. The van der Waals surface area contributed by atoms with Crippen LogP contribution >= 0.6 is 15.9 Å². The van der Waals surface area contributed by atoms with E-state index in [-0.39, 0.29) is 10.9 Å². The minimum atomic E-state index is -2.73. The zero-order valence-electron chi connectivity index (χ0n) is 8.08. The van der Waals surface area contributed by atoms with E-state index in [0.717, 1.165) is 25.7 Å². The summed E-state index contributed by atoms with van der Waals surface area (Å²) in [5.41, 5.74) is 0. The lowest BCUT2D eigenvalue weighted by Gasteiger charge is -2.14. The van der Waals surface area contributed by atoms with Gasteiger partial charge in [-0.3, -0.25) is 0 Å². The molecule has 0 fully saturated rings. The third-order valence-corrected chi connectivity index (χ3v) is 2.57. The van der Waals surface area contributed by atoms with Crippen molar-refractivity contribution < 1.29 is 8.78 Å². The molecule has 78 valence electrons. The lowest BCUT2D eigenvalue weighted by molar-refractivity contribution is 0.0398. The number of rotatable bonds is 7. The quantitative estimate of drug-likeness (QED) is 0.568. The van der Waals surface area contributed by atoms with Crippen molar-refractivity contribution in [3.63, 3.8) is 0 Å². The van der Waals surface area contributed by atoms with Gasteiger partial charge in [-0.1, -0.05) is 39.2 Å². The van der Waals surface area contributed by atoms with Crippen LogP contribution in [0.5, 0.6) is 0 Å². The Morgan fingerprint density at radius 1 is 1.23 bits per heavy atom. The molecule has 0 bridgehead atoms. The van der Waals surface area contributed by atoms with Gasteiger partial charge >= 0.3 is 0 Å². The molecule has 0 saturated carbocycles. The van der Waals surface area contributed by atoms with Gasteiger partial charge in [0.15, 0.2) is 0 Å². The molecule has 0 atom stereocenters. The van der Waals surface area contributed by atoms with Gasteiger partial charge < -0.3 is 0 Å². The molecule has 0 unspecified atom stereocenters. The van der Waals surface area contributed by atoms with Crippen molar-refractivity contribution in [1.29, 1.82) is 0 Å². The average molecular weight is 255 g/mol. The number of halogens is 3. The first-order valence-corrected chi connectivity index (χ1v) is 5.52. The highest BCUT2D eigenvalue weighted by Crippen LogP contribution is 2.32. The van der Waals surface area contributed by atoms with E-state index in [1.54, 1.807) is 0 Å². The van der Waals surface area contributed by atoms with Gasteiger partial charge in [-0.05, 0) is 22.4 Å². The van der Waals surface area contributed by atoms with Gasteiger partial charge in [0.25, 0.3) is 5.92 Å². The summed E-state index contributed by atoms with van der Waals surface area (Å²) in [4.78, 5) is 0. The van der Waals surface area contributed by atoms with Crippen LogP contribution in [0.25, 0.3) is 0 Å². The van der Waals surface area contributed by atoms with E-state index in [9.17, 15) is 8.78 Å². The summed E-state index contributed by atoms with van der Waals surface area (Å²) in [6.45, 7) is 5.31. The molecule has 0 nitrogen and oxygen atoms in total. The fourth-order valence-corrected chi connectivity index (χ4v) is 1.28. The predicted octanol–water partition coefficient (Wildman–Crippen LogP) is 4.89. The molecule has 0 aliphatic rings. The van der Waals surface area contributed by atoms with Crippen molar-refractivity contribution >= 4 is 15.9 Å². The molecule has 0 heterocycles. The number of hydrogen-bond donors (Lipinski definition) is 0. The second kappa shape index (κ2) is 6.52. The summed E-state index contributed by atoms with van der Waals surface area (Å²) in [6, 6.07) is 0. The highest BCUT2D eigenvalue weighted by atomic mass is 79.9. The Kier molecular flexibility index (Phi) is 6.56. The Morgan fingerprint density at radius 3 is 2.23 bits per heavy atom. The molecule has 0 aromatic rings. The largest absolute Gasteiger partial charge is 0.278 e. The fraction of sp³-hybridized carbons (Fsp3) is 0.800. The highest BCUT2D eigenvalue weighted by molar-refractivity contribution is 9.11. The molecule has 0 aromatic carbocycles. The van der Waals surface area contributed by atoms with Crippen molar-refractivity contribution in [1.82, 2.24) is 0 Å². The van der Waals surface area contributed by atoms with E-state index >= 15 is 0 Å². The van der Waals surface area contributed by atoms with Crippen LogP contribution in [-0.2, 0) is 0 Å². The van der Waals surface area contributed by atoms with Crippen LogP contribution in [0, 0.1) is 0 Å². The molecule has 0 spiro atoms. The molecule has 0 radical (unpaired) electrons. The van der Waals surface area contributed by atoms with Crippen molar-refractivity contribution in [2.45, 2.75) is 51.4 Å². The summed E-state index contributed by atoms with van der Waals surface area (Å²) in [7, 11) is 0. The van der Waals surface area contributed by atoms with Gasteiger partial charge in [-0.2, -0.15) is 0 Å². The number of allylic oxidation sites excluding steroid dienone is 1. The lowest BCUT2D eigenvalue weighted by atomic mass is 10.1. The Morgan fingerprint density at radius 2 is 1.77 bits per heavy atom.